The molecule has 2 fully saturated rings. The van der Waals surface area contributed by atoms with Crippen LogP contribution in [0.4, 0.5) is 10.5 Å². The van der Waals surface area contributed by atoms with Crippen molar-refractivity contribution in [2.24, 2.45) is 5.41 Å². The number of H-pyrrole nitrogens is 1. The predicted octanol–water partition coefficient (Wildman–Crippen LogP) is 6.24. The minimum Gasteiger partial charge on any atom is -0.465 e. The summed E-state index contributed by atoms with van der Waals surface area (Å²) in [7, 11) is -2.90. The van der Waals surface area contributed by atoms with Crippen molar-refractivity contribution in [3.8, 4) is 22.4 Å². The van der Waals surface area contributed by atoms with Crippen LogP contribution in [0.2, 0.25) is 0 Å². The van der Waals surface area contributed by atoms with E-state index in [1.807, 2.05) is 60.7 Å². The standard InChI is InChI=1S/C36H41N5O5S/c1-35(2,3)36(17-4-18-41(36)34(43)44)33-37-23-31(39-33)28-11-7-26(8-12-28)27-9-13-29(14-10-27)32(42)38-30-15-5-25(6-16-30)24-40-19-21-47(45,46)22-20-40/h5-16,23H,4,17-22,24H2,1-3H3,(H,37,39)(H,38,42)(H,43,44)/t36-/m1/s1. The highest BCUT2D eigenvalue weighted by atomic mass is 32.2. The first kappa shape index (κ1) is 32.5. The number of carbonyl (C=O) groups excluding carboxylic acids is 1. The monoisotopic (exact) mass is 655 g/mol. The summed E-state index contributed by atoms with van der Waals surface area (Å²) in [6.45, 7) is 8.44. The molecule has 3 aromatic carbocycles. The summed E-state index contributed by atoms with van der Waals surface area (Å²) in [6.07, 6.45) is 2.36. The average molecular weight is 656 g/mol. The largest absolute Gasteiger partial charge is 0.465 e. The van der Waals surface area contributed by atoms with Gasteiger partial charge in [-0.1, -0.05) is 69.3 Å². The highest BCUT2D eigenvalue weighted by molar-refractivity contribution is 7.91. The molecule has 0 aliphatic carbocycles. The van der Waals surface area contributed by atoms with Crippen LogP contribution in [0.15, 0.2) is 79.0 Å². The molecule has 1 aromatic heterocycles. The molecule has 2 aliphatic rings. The van der Waals surface area contributed by atoms with Crippen molar-refractivity contribution < 1.29 is 23.1 Å². The number of likely N-dealkylation sites (tertiary alicyclic amines) is 1. The van der Waals surface area contributed by atoms with Gasteiger partial charge in [0.25, 0.3) is 5.91 Å². The maximum atomic E-state index is 12.9. The van der Waals surface area contributed by atoms with Crippen molar-refractivity contribution in [2.45, 2.75) is 45.7 Å². The van der Waals surface area contributed by atoms with Gasteiger partial charge in [0.1, 0.15) is 11.4 Å². The molecule has 0 radical (unpaired) electrons. The number of anilines is 1. The van der Waals surface area contributed by atoms with Crippen molar-refractivity contribution in [3.63, 3.8) is 0 Å². The SMILES string of the molecule is CC(C)(C)[C@]1(c2ncc(-c3ccc(-c4ccc(C(=O)Nc5ccc(CN6CCS(=O)(=O)CC6)cc5)cc4)cc3)[nH]2)CCCN1C(=O)O. The minimum atomic E-state index is -2.90. The van der Waals surface area contributed by atoms with Gasteiger partial charge in [-0.05, 0) is 64.8 Å². The first-order valence-corrected chi connectivity index (χ1v) is 17.8. The van der Waals surface area contributed by atoms with Gasteiger partial charge >= 0.3 is 6.09 Å². The molecule has 2 saturated heterocycles. The molecule has 2 amide bonds. The Hall–Kier alpha value is -4.48. The highest BCUT2D eigenvalue weighted by Crippen LogP contribution is 2.50. The van der Waals surface area contributed by atoms with E-state index in [4.69, 9.17) is 4.98 Å². The van der Waals surface area contributed by atoms with Crippen molar-refractivity contribution in [3.05, 3.63) is 95.9 Å². The average Bonchev–Trinajstić information content (AvgIpc) is 3.72. The minimum absolute atomic E-state index is 0.201. The van der Waals surface area contributed by atoms with E-state index in [0.29, 0.717) is 49.7 Å². The fraction of sp³-hybridized carbons (Fsp3) is 0.361. The maximum Gasteiger partial charge on any atom is 0.408 e. The Bertz CT molecular complexity index is 1850. The van der Waals surface area contributed by atoms with Crippen LogP contribution in [0.25, 0.3) is 22.4 Å². The zero-order chi connectivity index (χ0) is 33.4. The number of carbonyl (C=O) groups is 2. The van der Waals surface area contributed by atoms with E-state index in [2.05, 4.69) is 36.0 Å². The van der Waals surface area contributed by atoms with Gasteiger partial charge in [0, 0.05) is 37.4 Å². The lowest BCUT2D eigenvalue weighted by Crippen LogP contribution is -2.53. The second kappa shape index (κ2) is 12.6. The molecule has 6 rings (SSSR count). The number of sulfone groups is 1. The van der Waals surface area contributed by atoms with Gasteiger partial charge in [-0.2, -0.15) is 0 Å². The summed E-state index contributed by atoms with van der Waals surface area (Å²) in [5.74, 6) is 0.872. The molecule has 3 N–H and O–H groups in total. The lowest BCUT2D eigenvalue weighted by molar-refractivity contribution is 0.0217. The molecule has 10 nitrogen and oxygen atoms in total. The fourth-order valence-corrected chi connectivity index (χ4v) is 8.13. The summed E-state index contributed by atoms with van der Waals surface area (Å²) in [6, 6.07) is 23.2. The van der Waals surface area contributed by atoms with Crippen LogP contribution in [0, 0.1) is 5.41 Å². The third-order valence-corrected chi connectivity index (χ3v) is 11.2. The second-order valence-corrected chi connectivity index (χ2v) is 15.8. The van der Waals surface area contributed by atoms with Gasteiger partial charge in [-0.15, -0.1) is 0 Å². The van der Waals surface area contributed by atoms with Gasteiger partial charge < -0.3 is 15.4 Å². The Labute approximate surface area is 275 Å². The number of hydrogen-bond donors (Lipinski definition) is 3. The number of benzene rings is 3. The lowest BCUT2D eigenvalue weighted by atomic mass is 9.71. The van der Waals surface area contributed by atoms with Crippen LogP contribution >= 0.6 is 0 Å². The fourth-order valence-electron chi connectivity index (χ4n) is 6.86. The smallest absolute Gasteiger partial charge is 0.408 e. The molecule has 246 valence electrons. The summed E-state index contributed by atoms with van der Waals surface area (Å²) < 4.78 is 23.3. The second-order valence-electron chi connectivity index (χ2n) is 13.5. The van der Waals surface area contributed by atoms with E-state index in [9.17, 15) is 23.1 Å². The summed E-state index contributed by atoms with van der Waals surface area (Å²) in [4.78, 5) is 36.9. The topological polar surface area (TPSA) is 136 Å². The van der Waals surface area contributed by atoms with Gasteiger partial charge in [-0.25, -0.2) is 18.2 Å². The zero-order valence-corrected chi connectivity index (χ0v) is 27.8. The Morgan fingerprint density at radius 3 is 2.09 bits per heavy atom. The molecule has 2 aliphatic heterocycles. The molecule has 0 bridgehead atoms. The summed E-state index contributed by atoms with van der Waals surface area (Å²) >= 11 is 0. The molecule has 0 saturated carbocycles. The van der Waals surface area contributed by atoms with E-state index >= 15 is 0 Å². The molecule has 47 heavy (non-hydrogen) atoms. The van der Waals surface area contributed by atoms with Crippen LogP contribution in [-0.4, -0.2) is 76.4 Å². The Morgan fingerprint density at radius 1 is 0.894 bits per heavy atom. The lowest BCUT2D eigenvalue weighted by Gasteiger charge is -2.45. The van der Waals surface area contributed by atoms with Gasteiger partial charge in [-0.3, -0.25) is 14.6 Å². The van der Waals surface area contributed by atoms with E-state index < -0.39 is 21.5 Å². The predicted molar refractivity (Wildman–Crippen MR) is 183 cm³/mol. The molecule has 0 unspecified atom stereocenters. The van der Waals surface area contributed by atoms with Gasteiger partial charge in [0.15, 0.2) is 9.84 Å². The Morgan fingerprint density at radius 2 is 1.49 bits per heavy atom. The number of imidazole rings is 1. The van der Waals surface area contributed by atoms with Crippen LogP contribution in [-0.2, 0) is 21.9 Å². The molecular formula is C36H41N5O5S. The summed E-state index contributed by atoms with van der Waals surface area (Å²) in [5.41, 5.74) is 4.98. The Kier molecular flexibility index (Phi) is 8.71. The van der Waals surface area contributed by atoms with Crippen LogP contribution in [0.3, 0.4) is 0 Å². The zero-order valence-electron chi connectivity index (χ0n) is 27.0. The van der Waals surface area contributed by atoms with E-state index in [-0.39, 0.29) is 22.8 Å². The van der Waals surface area contributed by atoms with Crippen LogP contribution in [0.1, 0.15) is 55.4 Å². The van der Waals surface area contributed by atoms with Crippen molar-refractivity contribution in [1.82, 2.24) is 19.8 Å². The number of nitrogens with zero attached hydrogens (tertiary/aromatic N) is 3. The van der Waals surface area contributed by atoms with Crippen molar-refractivity contribution in [1.29, 1.82) is 0 Å². The number of aromatic amines is 1. The number of rotatable bonds is 7. The normalized spacial score (nSPS) is 19.9. The number of nitrogens with one attached hydrogen (secondary N) is 2. The van der Waals surface area contributed by atoms with E-state index in [1.54, 1.807) is 18.3 Å². The van der Waals surface area contributed by atoms with E-state index in [1.165, 1.54) is 4.90 Å². The first-order valence-electron chi connectivity index (χ1n) is 15.9. The van der Waals surface area contributed by atoms with Crippen molar-refractivity contribution >= 4 is 27.5 Å². The third kappa shape index (κ3) is 6.68. The van der Waals surface area contributed by atoms with Crippen LogP contribution < -0.4 is 5.32 Å². The third-order valence-electron chi connectivity index (χ3n) is 9.55. The van der Waals surface area contributed by atoms with Gasteiger partial charge in [0.05, 0.1) is 23.4 Å². The number of aromatic nitrogens is 2. The Balaban J connectivity index is 1.09. The maximum absolute atomic E-state index is 12.9. The highest BCUT2D eigenvalue weighted by Gasteiger charge is 2.55. The molecule has 3 heterocycles. The molecule has 0 spiro atoms. The first-order chi connectivity index (χ1) is 22.3. The quantitative estimate of drug-likeness (QED) is 0.214. The number of hydrogen-bond acceptors (Lipinski definition) is 6. The molecule has 11 heteroatoms. The molecule has 4 aromatic rings. The molecular weight excluding hydrogens is 614 g/mol. The number of amides is 2. The number of carboxylic acid groups (broad SMARTS) is 1. The van der Waals surface area contributed by atoms with Gasteiger partial charge in [0.2, 0.25) is 0 Å². The van der Waals surface area contributed by atoms with E-state index in [0.717, 1.165) is 34.4 Å². The summed E-state index contributed by atoms with van der Waals surface area (Å²) in [5, 5.41) is 12.9. The molecule has 1 atom stereocenters. The van der Waals surface area contributed by atoms with Crippen molar-refractivity contribution in [2.75, 3.05) is 36.5 Å². The van der Waals surface area contributed by atoms with Crippen LogP contribution in [0.5, 0.6) is 0 Å².